The number of ether oxygens (including phenoxy) is 1. The standard InChI is InChI=1S/C22H30ClFN4O5/c23-19(24)21(31)28(12-11-18(25)29)27-20(30)17(13-15-7-3-1-4-8-15)26-22(32)33-14-16-9-5-2-6-10-16/h2,5-6,9-10,15,17,19H,1,3-4,7-8,11-14H2,(H2,25,29)(H,26,32)(H,27,30)/t17-,19+/m0/s1. The largest absolute Gasteiger partial charge is 0.445 e. The normalized spacial score (nSPS) is 15.7. The maximum atomic E-state index is 13.4. The van der Waals surface area contributed by atoms with Gasteiger partial charge in [-0.15, -0.1) is 0 Å². The van der Waals surface area contributed by atoms with E-state index in [4.69, 9.17) is 22.1 Å². The Morgan fingerprint density at radius 3 is 2.42 bits per heavy atom. The van der Waals surface area contributed by atoms with E-state index in [1.807, 2.05) is 18.2 Å². The molecule has 0 spiro atoms. The number of nitrogens with zero attached hydrogens (tertiary/aromatic N) is 1. The van der Waals surface area contributed by atoms with Gasteiger partial charge in [0.2, 0.25) is 5.91 Å². The third-order valence-corrected chi connectivity index (χ3v) is 5.58. The second kappa shape index (κ2) is 13.6. The quantitative estimate of drug-likeness (QED) is 0.347. The van der Waals surface area contributed by atoms with Crippen LogP contribution in [-0.2, 0) is 25.7 Å². The van der Waals surface area contributed by atoms with Crippen LogP contribution >= 0.6 is 11.6 Å². The summed E-state index contributed by atoms with van der Waals surface area (Å²) in [5, 5.41) is 3.15. The summed E-state index contributed by atoms with van der Waals surface area (Å²) < 4.78 is 18.6. The third kappa shape index (κ3) is 9.65. The highest BCUT2D eigenvalue weighted by Crippen LogP contribution is 2.27. The van der Waals surface area contributed by atoms with Gasteiger partial charge in [0.05, 0.1) is 6.54 Å². The van der Waals surface area contributed by atoms with Crippen LogP contribution in [0.15, 0.2) is 30.3 Å². The van der Waals surface area contributed by atoms with Gasteiger partial charge in [0.15, 0.2) is 0 Å². The second-order valence-electron chi connectivity index (χ2n) is 7.98. The first-order valence-electron chi connectivity index (χ1n) is 10.9. The molecule has 9 nitrogen and oxygen atoms in total. The van der Waals surface area contributed by atoms with Crippen LogP contribution in [0.1, 0.15) is 50.5 Å². The first kappa shape index (κ1) is 26.4. The molecule has 0 bridgehead atoms. The molecule has 0 aromatic heterocycles. The summed E-state index contributed by atoms with van der Waals surface area (Å²) in [5.41, 5.74) is 5.71. The van der Waals surface area contributed by atoms with Crippen LogP contribution in [0.2, 0.25) is 0 Å². The molecular formula is C22H30ClFN4O5. The maximum Gasteiger partial charge on any atom is 0.408 e. The SMILES string of the molecule is NC(=O)CCN(NC(=O)[C@H](CC1CCCCC1)NC(=O)OCc1ccccc1)C(=O)[C@@H](F)Cl. The van der Waals surface area contributed by atoms with E-state index in [1.165, 1.54) is 0 Å². The molecule has 11 heteroatoms. The van der Waals surface area contributed by atoms with E-state index < -0.39 is 35.5 Å². The zero-order valence-electron chi connectivity index (χ0n) is 18.3. The molecule has 4 N–H and O–H groups in total. The minimum Gasteiger partial charge on any atom is -0.445 e. The lowest BCUT2D eigenvalue weighted by atomic mass is 9.84. The smallest absolute Gasteiger partial charge is 0.408 e. The monoisotopic (exact) mass is 484 g/mol. The van der Waals surface area contributed by atoms with Gasteiger partial charge in [0.1, 0.15) is 12.6 Å². The van der Waals surface area contributed by atoms with Gasteiger partial charge in [0, 0.05) is 6.42 Å². The van der Waals surface area contributed by atoms with Gasteiger partial charge in [0.25, 0.3) is 17.4 Å². The van der Waals surface area contributed by atoms with E-state index in [-0.39, 0.29) is 25.5 Å². The molecule has 182 valence electrons. The minimum absolute atomic E-state index is 0.0173. The van der Waals surface area contributed by atoms with Crippen LogP contribution in [0.3, 0.4) is 0 Å². The highest BCUT2D eigenvalue weighted by Gasteiger charge is 2.30. The number of carbonyl (C=O) groups excluding carboxylic acids is 4. The van der Waals surface area contributed by atoms with Gasteiger partial charge in [-0.3, -0.25) is 19.8 Å². The molecule has 0 radical (unpaired) electrons. The van der Waals surface area contributed by atoms with Crippen molar-refractivity contribution in [2.75, 3.05) is 6.54 Å². The fourth-order valence-corrected chi connectivity index (χ4v) is 3.78. The van der Waals surface area contributed by atoms with E-state index in [9.17, 15) is 23.6 Å². The number of alkyl halides is 2. The molecule has 0 aliphatic heterocycles. The van der Waals surface area contributed by atoms with Crippen LogP contribution in [0, 0.1) is 5.92 Å². The molecule has 2 atom stereocenters. The summed E-state index contributed by atoms with van der Waals surface area (Å²) in [5.74, 6) is -2.53. The number of hydrazine groups is 1. The van der Waals surface area contributed by atoms with Crippen molar-refractivity contribution in [2.45, 2.75) is 63.2 Å². The van der Waals surface area contributed by atoms with Gasteiger partial charge in [-0.2, -0.15) is 0 Å². The predicted octanol–water partition coefficient (Wildman–Crippen LogP) is 2.52. The van der Waals surface area contributed by atoms with Crippen LogP contribution in [0.25, 0.3) is 0 Å². The number of benzene rings is 1. The average Bonchev–Trinajstić information content (AvgIpc) is 2.80. The number of nitrogens with two attached hydrogens (primary N) is 1. The number of rotatable bonds is 10. The molecule has 1 aromatic rings. The first-order chi connectivity index (χ1) is 15.8. The number of hydrogen-bond donors (Lipinski definition) is 3. The summed E-state index contributed by atoms with van der Waals surface area (Å²) >= 11 is 5.23. The fraction of sp³-hybridized carbons (Fsp3) is 0.545. The summed E-state index contributed by atoms with van der Waals surface area (Å²) in [4.78, 5) is 48.4. The Kier molecular flexibility index (Phi) is 10.9. The molecule has 33 heavy (non-hydrogen) atoms. The van der Waals surface area contributed by atoms with Crippen molar-refractivity contribution in [3.8, 4) is 0 Å². The van der Waals surface area contributed by atoms with Crippen molar-refractivity contribution in [3.05, 3.63) is 35.9 Å². The Morgan fingerprint density at radius 1 is 1.15 bits per heavy atom. The van der Waals surface area contributed by atoms with E-state index in [0.29, 0.717) is 11.4 Å². The Hall–Kier alpha value is -2.88. The number of alkyl carbamates (subject to hydrolysis) is 1. The predicted molar refractivity (Wildman–Crippen MR) is 119 cm³/mol. The molecule has 1 saturated carbocycles. The van der Waals surface area contributed by atoms with Crippen LogP contribution in [0.4, 0.5) is 9.18 Å². The highest BCUT2D eigenvalue weighted by molar-refractivity contribution is 6.29. The number of primary amides is 1. The molecule has 0 unspecified atom stereocenters. The number of hydrogen-bond acceptors (Lipinski definition) is 5. The zero-order valence-corrected chi connectivity index (χ0v) is 19.1. The van der Waals surface area contributed by atoms with Crippen molar-refractivity contribution in [3.63, 3.8) is 0 Å². The fourth-order valence-electron chi connectivity index (χ4n) is 3.67. The third-order valence-electron chi connectivity index (χ3n) is 5.39. The summed E-state index contributed by atoms with van der Waals surface area (Å²) in [6, 6.07) is 8.00. The van der Waals surface area contributed by atoms with Gasteiger partial charge in [-0.05, 0) is 17.9 Å². The molecular weight excluding hydrogens is 455 g/mol. The lowest BCUT2D eigenvalue weighted by Gasteiger charge is -2.29. The van der Waals surface area contributed by atoms with Crippen molar-refractivity contribution in [1.82, 2.24) is 15.8 Å². The van der Waals surface area contributed by atoms with E-state index >= 15 is 0 Å². The van der Waals surface area contributed by atoms with Gasteiger partial charge >= 0.3 is 6.09 Å². The molecule has 1 fully saturated rings. The molecule has 4 amide bonds. The Balaban J connectivity index is 2.05. The second-order valence-corrected chi connectivity index (χ2v) is 8.36. The molecule has 1 aliphatic rings. The summed E-state index contributed by atoms with van der Waals surface area (Å²) in [7, 11) is 0. The van der Waals surface area contributed by atoms with Crippen molar-refractivity contribution in [2.24, 2.45) is 11.7 Å². The zero-order chi connectivity index (χ0) is 24.2. The van der Waals surface area contributed by atoms with Gasteiger partial charge in [-0.1, -0.05) is 74.0 Å². The van der Waals surface area contributed by atoms with Crippen LogP contribution < -0.4 is 16.5 Å². The van der Waals surface area contributed by atoms with E-state index in [2.05, 4.69) is 10.7 Å². The van der Waals surface area contributed by atoms with E-state index in [1.54, 1.807) is 12.1 Å². The Morgan fingerprint density at radius 2 is 1.82 bits per heavy atom. The molecule has 0 heterocycles. The topological polar surface area (TPSA) is 131 Å². The first-order valence-corrected chi connectivity index (χ1v) is 11.4. The molecule has 2 rings (SSSR count). The average molecular weight is 485 g/mol. The van der Waals surface area contributed by atoms with Crippen LogP contribution in [0.5, 0.6) is 0 Å². The van der Waals surface area contributed by atoms with Gasteiger partial charge < -0.3 is 15.8 Å². The number of halogens is 2. The van der Waals surface area contributed by atoms with E-state index in [0.717, 1.165) is 37.7 Å². The van der Waals surface area contributed by atoms with Crippen LogP contribution in [-0.4, -0.2) is 47.0 Å². The molecule has 0 saturated heterocycles. The molecule has 1 aromatic carbocycles. The number of amides is 4. The lowest BCUT2D eigenvalue weighted by molar-refractivity contribution is -0.144. The lowest BCUT2D eigenvalue weighted by Crippen LogP contribution is -2.56. The Labute approximate surface area is 197 Å². The van der Waals surface area contributed by atoms with Crippen molar-refractivity contribution in [1.29, 1.82) is 0 Å². The number of nitrogens with one attached hydrogen (secondary N) is 2. The van der Waals surface area contributed by atoms with Crippen molar-refractivity contribution >= 4 is 35.4 Å². The highest BCUT2D eigenvalue weighted by atomic mass is 35.5. The Bertz CT molecular complexity index is 805. The maximum absolute atomic E-state index is 13.4. The summed E-state index contributed by atoms with van der Waals surface area (Å²) in [6.45, 7) is -0.342. The summed E-state index contributed by atoms with van der Waals surface area (Å²) in [6.07, 6.45) is 4.19. The van der Waals surface area contributed by atoms with Gasteiger partial charge in [-0.25, -0.2) is 14.2 Å². The number of carbonyl (C=O) groups is 4. The minimum atomic E-state index is -2.42. The molecule has 1 aliphatic carbocycles. The van der Waals surface area contributed by atoms with Crippen molar-refractivity contribution < 1.29 is 28.3 Å².